The van der Waals surface area contributed by atoms with Gasteiger partial charge >= 0.3 is 6.09 Å². The van der Waals surface area contributed by atoms with Crippen LogP contribution in [0.25, 0.3) is 21.9 Å². The summed E-state index contributed by atoms with van der Waals surface area (Å²) in [5, 5.41) is 7.66. The summed E-state index contributed by atoms with van der Waals surface area (Å²) >= 11 is 0. The Kier molecular flexibility index (Phi) is 5.71. The first kappa shape index (κ1) is 18.5. The van der Waals surface area contributed by atoms with E-state index in [1.807, 2.05) is 36.4 Å². The number of benzene rings is 3. The molecule has 0 saturated carbocycles. The van der Waals surface area contributed by atoms with Gasteiger partial charge in [0.25, 0.3) is 0 Å². The van der Waals surface area contributed by atoms with Crippen LogP contribution in [0, 0.1) is 0 Å². The smallest absolute Gasteiger partial charge is 0.411 e. The fourth-order valence-electron chi connectivity index (χ4n) is 3.06. The second-order valence-corrected chi connectivity index (χ2v) is 6.29. The van der Waals surface area contributed by atoms with Crippen molar-refractivity contribution in [2.75, 3.05) is 19.0 Å². The van der Waals surface area contributed by atoms with Gasteiger partial charge in [0.05, 0.1) is 7.11 Å². The Morgan fingerprint density at radius 2 is 1.74 bits per heavy atom. The van der Waals surface area contributed by atoms with Gasteiger partial charge in [0.1, 0.15) is 0 Å². The maximum Gasteiger partial charge on any atom is 0.411 e. The summed E-state index contributed by atoms with van der Waals surface area (Å²) in [7, 11) is 1.33. The summed E-state index contributed by atoms with van der Waals surface area (Å²) in [5.41, 5.74) is 4.03. The van der Waals surface area contributed by atoms with Crippen molar-refractivity contribution in [2.24, 2.45) is 0 Å². The Morgan fingerprint density at radius 1 is 0.963 bits per heavy atom. The number of fused-ring (bicyclic) bond motifs is 1. The lowest BCUT2D eigenvalue weighted by Gasteiger charge is -2.13. The van der Waals surface area contributed by atoms with Gasteiger partial charge < -0.3 is 10.1 Å². The second-order valence-electron chi connectivity index (χ2n) is 6.29. The van der Waals surface area contributed by atoms with Crippen LogP contribution in [-0.2, 0) is 16.0 Å². The van der Waals surface area contributed by atoms with E-state index in [1.165, 1.54) is 14.0 Å². The fraction of sp³-hybridized carbons (Fsp3) is 0.182. The minimum absolute atomic E-state index is 0.0495. The van der Waals surface area contributed by atoms with Crippen LogP contribution in [0.2, 0.25) is 0 Å². The molecule has 0 atom stereocenters. The third kappa shape index (κ3) is 4.64. The Hall–Kier alpha value is -3.34. The van der Waals surface area contributed by atoms with E-state index in [-0.39, 0.29) is 5.91 Å². The topological polar surface area (TPSA) is 67.4 Å². The molecule has 5 heteroatoms. The average Bonchev–Trinajstić information content (AvgIpc) is 2.68. The molecule has 27 heavy (non-hydrogen) atoms. The highest BCUT2D eigenvalue weighted by Crippen LogP contribution is 2.30. The van der Waals surface area contributed by atoms with Gasteiger partial charge in [-0.2, -0.15) is 0 Å². The number of hydrogen-bond acceptors (Lipinski definition) is 3. The number of carbonyl (C=O) groups excluding carboxylic acids is 2. The monoisotopic (exact) mass is 362 g/mol. The number of nitrogens with one attached hydrogen (secondary N) is 2. The number of ether oxygens (including phenoxy) is 1. The lowest BCUT2D eigenvalue weighted by Crippen LogP contribution is -2.22. The van der Waals surface area contributed by atoms with Gasteiger partial charge in [-0.1, -0.05) is 42.5 Å². The normalized spacial score (nSPS) is 10.4. The van der Waals surface area contributed by atoms with Crippen LogP contribution < -0.4 is 10.6 Å². The molecule has 0 aliphatic heterocycles. The summed E-state index contributed by atoms with van der Waals surface area (Å²) < 4.78 is 4.67. The molecule has 0 heterocycles. The SMILES string of the molecule is COC(=O)Nc1ccc2cc(-c3ccccc3)cc(CCNC(C)=O)c2c1. The molecule has 2 amide bonds. The van der Waals surface area contributed by atoms with Gasteiger partial charge in [-0.3, -0.25) is 10.1 Å². The van der Waals surface area contributed by atoms with Crippen LogP contribution in [-0.4, -0.2) is 25.7 Å². The molecular weight excluding hydrogens is 340 g/mol. The Balaban J connectivity index is 2.04. The zero-order chi connectivity index (χ0) is 19.2. The van der Waals surface area contributed by atoms with Gasteiger partial charge in [-0.05, 0) is 52.1 Å². The van der Waals surface area contributed by atoms with Crippen molar-refractivity contribution >= 4 is 28.5 Å². The maximum absolute atomic E-state index is 11.5. The number of carbonyl (C=O) groups is 2. The summed E-state index contributed by atoms with van der Waals surface area (Å²) in [6.45, 7) is 2.06. The molecule has 0 radical (unpaired) electrons. The van der Waals surface area contributed by atoms with E-state index >= 15 is 0 Å². The summed E-state index contributed by atoms with van der Waals surface area (Å²) in [4.78, 5) is 22.7. The van der Waals surface area contributed by atoms with Gasteiger partial charge in [0.15, 0.2) is 0 Å². The summed E-state index contributed by atoms with van der Waals surface area (Å²) in [6, 6.07) is 20.2. The Morgan fingerprint density at radius 3 is 2.44 bits per heavy atom. The van der Waals surface area contributed by atoms with E-state index in [0.717, 1.165) is 27.5 Å². The highest BCUT2D eigenvalue weighted by atomic mass is 16.5. The van der Waals surface area contributed by atoms with Crippen molar-refractivity contribution in [2.45, 2.75) is 13.3 Å². The predicted molar refractivity (Wildman–Crippen MR) is 108 cm³/mol. The molecule has 3 aromatic rings. The molecule has 0 aliphatic rings. The molecule has 0 fully saturated rings. The summed E-state index contributed by atoms with van der Waals surface area (Å²) in [6.07, 6.45) is 0.188. The largest absolute Gasteiger partial charge is 0.453 e. The van der Waals surface area contributed by atoms with Crippen molar-refractivity contribution in [3.05, 3.63) is 66.2 Å². The third-order valence-corrected chi connectivity index (χ3v) is 4.35. The first-order valence-electron chi connectivity index (χ1n) is 8.78. The highest BCUT2D eigenvalue weighted by Gasteiger charge is 2.09. The lowest BCUT2D eigenvalue weighted by molar-refractivity contribution is -0.118. The van der Waals surface area contributed by atoms with Crippen molar-refractivity contribution < 1.29 is 14.3 Å². The Labute approximate surface area is 158 Å². The van der Waals surface area contributed by atoms with Crippen molar-refractivity contribution in [3.63, 3.8) is 0 Å². The molecule has 138 valence electrons. The van der Waals surface area contributed by atoms with E-state index in [4.69, 9.17) is 0 Å². The van der Waals surface area contributed by atoms with Gasteiger partial charge in [0.2, 0.25) is 5.91 Å². The first-order valence-corrected chi connectivity index (χ1v) is 8.78. The zero-order valence-electron chi connectivity index (χ0n) is 15.4. The zero-order valence-corrected chi connectivity index (χ0v) is 15.4. The first-order chi connectivity index (χ1) is 13.1. The van der Waals surface area contributed by atoms with Crippen LogP contribution in [0.3, 0.4) is 0 Å². The molecule has 0 bridgehead atoms. The molecular formula is C22H22N2O3. The highest BCUT2D eigenvalue weighted by molar-refractivity contribution is 5.95. The molecule has 0 spiro atoms. The minimum Gasteiger partial charge on any atom is -0.453 e. The Bertz CT molecular complexity index is 968. The standard InChI is InChI=1S/C22H22N2O3/c1-15(25)23-11-10-18-13-19(16-6-4-3-5-7-16)12-17-8-9-20(14-21(17)18)24-22(26)27-2/h3-9,12-14H,10-11H2,1-2H3,(H,23,25)(H,24,26). The summed E-state index contributed by atoms with van der Waals surface area (Å²) in [5.74, 6) is -0.0495. The number of methoxy groups -OCH3 is 1. The average molecular weight is 362 g/mol. The van der Waals surface area contributed by atoms with Crippen molar-refractivity contribution in [1.82, 2.24) is 5.32 Å². The van der Waals surface area contributed by atoms with E-state index in [1.54, 1.807) is 0 Å². The van der Waals surface area contributed by atoms with Gasteiger partial charge in [-0.15, -0.1) is 0 Å². The second kappa shape index (κ2) is 8.36. The maximum atomic E-state index is 11.5. The molecule has 3 aromatic carbocycles. The molecule has 0 aliphatic carbocycles. The third-order valence-electron chi connectivity index (χ3n) is 4.35. The van der Waals surface area contributed by atoms with Crippen molar-refractivity contribution in [3.8, 4) is 11.1 Å². The van der Waals surface area contributed by atoms with E-state index in [9.17, 15) is 9.59 Å². The van der Waals surface area contributed by atoms with Crippen LogP contribution >= 0.6 is 0 Å². The molecule has 0 unspecified atom stereocenters. The molecule has 5 nitrogen and oxygen atoms in total. The number of anilines is 1. The van der Waals surface area contributed by atoms with E-state index in [2.05, 4.69) is 39.6 Å². The van der Waals surface area contributed by atoms with Crippen molar-refractivity contribution in [1.29, 1.82) is 0 Å². The fourth-order valence-corrected chi connectivity index (χ4v) is 3.06. The molecule has 2 N–H and O–H groups in total. The van der Waals surface area contributed by atoms with Gasteiger partial charge in [-0.25, -0.2) is 4.79 Å². The van der Waals surface area contributed by atoms with Crippen LogP contribution in [0.15, 0.2) is 60.7 Å². The van der Waals surface area contributed by atoms with E-state index < -0.39 is 6.09 Å². The number of rotatable bonds is 5. The lowest BCUT2D eigenvalue weighted by atomic mass is 9.95. The van der Waals surface area contributed by atoms with Crippen LogP contribution in [0.4, 0.5) is 10.5 Å². The number of hydrogen-bond donors (Lipinski definition) is 2. The van der Waals surface area contributed by atoms with Crippen LogP contribution in [0.1, 0.15) is 12.5 Å². The molecule has 0 aromatic heterocycles. The number of amides is 2. The predicted octanol–water partition coefficient (Wildman–Crippen LogP) is 4.36. The minimum atomic E-state index is -0.505. The molecule has 0 saturated heterocycles. The van der Waals surface area contributed by atoms with Gasteiger partial charge in [0, 0.05) is 19.2 Å². The quantitative estimate of drug-likeness (QED) is 0.708. The molecule has 3 rings (SSSR count). The van der Waals surface area contributed by atoms with Crippen LogP contribution in [0.5, 0.6) is 0 Å². The van der Waals surface area contributed by atoms with E-state index in [0.29, 0.717) is 18.7 Å².